The standard InChI is InChI=1S/C23H18N2O3/c1-27-22-14-18-10-6-5-9-17(18)13-20(22)23(26)25-24-15-19-11-12-21(28-19)16-7-3-2-4-8-16/h2-15H,1H3,(H,25,26). The number of nitrogens with zero attached hydrogens (tertiary/aromatic N) is 1. The van der Waals surface area contributed by atoms with E-state index in [0.29, 0.717) is 17.1 Å². The van der Waals surface area contributed by atoms with E-state index in [2.05, 4.69) is 10.5 Å². The number of carbonyl (C=O) groups excluding carboxylic acids is 1. The maximum absolute atomic E-state index is 12.5. The molecule has 0 saturated heterocycles. The lowest BCUT2D eigenvalue weighted by molar-refractivity contribution is 0.0952. The summed E-state index contributed by atoms with van der Waals surface area (Å²) in [5.74, 6) is 1.43. The molecule has 0 spiro atoms. The van der Waals surface area contributed by atoms with Crippen LogP contribution in [0.3, 0.4) is 0 Å². The van der Waals surface area contributed by atoms with Crippen molar-refractivity contribution in [2.75, 3.05) is 7.11 Å². The molecule has 0 aliphatic heterocycles. The van der Waals surface area contributed by atoms with Crippen LogP contribution >= 0.6 is 0 Å². The van der Waals surface area contributed by atoms with E-state index in [4.69, 9.17) is 9.15 Å². The molecule has 4 aromatic rings. The van der Waals surface area contributed by atoms with E-state index in [0.717, 1.165) is 22.1 Å². The molecule has 1 aromatic heterocycles. The second kappa shape index (κ2) is 7.80. The zero-order valence-corrected chi connectivity index (χ0v) is 15.3. The van der Waals surface area contributed by atoms with Crippen molar-refractivity contribution in [2.24, 2.45) is 5.10 Å². The van der Waals surface area contributed by atoms with Crippen LogP contribution in [0.1, 0.15) is 16.1 Å². The SMILES string of the molecule is COc1cc2ccccc2cc1C(=O)NN=Cc1ccc(-c2ccccc2)o1. The van der Waals surface area contributed by atoms with Crippen LogP contribution in [0.5, 0.6) is 5.75 Å². The molecule has 28 heavy (non-hydrogen) atoms. The molecule has 5 heteroatoms. The molecule has 0 aliphatic carbocycles. The summed E-state index contributed by atoms with van der Waals surface area (Å²) in [6, 6.07) is 24.9. The number of furan rings is 1. The highest BCUT2D eigenvalue weighted by Gasteiger charge is 2.13. The van der Waals surface area contributed by atoms with Crippen molar-refractivity contribution in [3.8, 4) is 17.1 Å². The zero-order valence-electron chi connectivity index (χ0n) is 15.3. The first-order valence-corrected chi connectivity index (χ1v) is 8.80. The molecule has 1 heterocycles. The average Bonchev–Trinajstić information content (AvgIpc) is 3.22. The maximum atomic E-state index is 12.5. The predicted molar refractivity (Wildman–Crippen MR) is 110 cm³/mol. The van der Waals surface area contributed by atoms with Crippen LogP contribution in [-0.4, -0.2) is 19.2 Å². The number of nitrogens with one attached hydrogen (secondary N) is 1. The van der Waals surface area contributed by atoms with Gasteiger partial charge in [0.25, 0.3) is 5.91 Å². The molecule has 4 rings (SSSR count). The van der Waals surface area contributed by atoms with Gasteiger partial charge in [-0.05, 0) is 35.0 Å². The van der Waals surface area contributed by atoms with E-state index in [-0.39, 0.29) is 5.91 Å². The molecule has 0 unspecified atom stereocenters. The van der Waals surface area contributed by atoms with Gasteiger partial charge in [-0.15, -0.1) is 0 Å². The number of hydrazone groups is 1. The zero-order chi connectivity index (χ0) is 19.3. The minimum atomic E-state index is -0.353. The highest BCUT2D eigenvalue weighted by Crippen LogP contribution is 2.26. The number of rotatable bonds is 5. The number of carbonyl (C=O) groups is 1. The van der Waals surface area contributed by atoms with Crippen LogP contribution < -0.4 is 10.2 Å². The van der Waals surface area contributed by atoms with Crippen molar-refractivity contribution < 1.29 is 13.9 Å². The predicted octanol–water partition coefficient (Wildman–Crippen LogP) is 4.87. The summed E-state index contributed by atoms with van der Waals surface area (Å²) >= 11 is 0. The third-order valence-electron chi connectivity index (χ3n) is 4.36. The van der Waals surface area contributed by atoms with E-state index >= 15 is 0 Å². The van der Waals surface area contributed by atoms with Gasteiger partial charge in [-0.3, -0.25) is 4.79 Å². The quantitative estimate of drug-likeness (QED) is 0.403. The van der Waals surface area contributed by atoms with Gasteiger partial charge in [0.2, 0.25) is 0 Å². The van der Waals surface area contributed by atoms with Crippen LogP contribution in [0, 0.1) is 0 Å². The van der Waals surface area contributed by atoms with Gasteiger partial charge < -0.3 is 9.15 Å². The molecule has 0 atom stereocenters. The van der Waals surface area contributed by atoms with Crippen LogP contribution in [0.15, 0.2) is 88.4 Å². The maximum Gasteiger partial charge on any atom is 0.275 e. The van der Waals surface area contributed by atoms with Crippen molar-refractivity contribution in [1.29, 1.82) is 0 Å². The van der Waals surface area contributed by atoms with Crippen molar-refractivity contribution in [3.63, 3.8) is 0 Å². The van der Waals surface area contributed by atoms with Gasteiger partial charge in [-0.25, -0.2) is 5.43 Å². The van der Waals surface area contributed by atoms with Crippen molar-refractivity contribution in [3.05, 3.63) is 90.2 Å². The van der Waals surface area contributed by atoms with E-state index in [9.17, 15) is 4.79 Å². The van der Waals surface area contributed by atoms with E-state index in [1.807, 2.05) is 66.7 Å². The molecule has 1 N–H and O–H groups in total. The number of fused-ring (bicyclic) bond motifs is 1. The van der Waals surface area contributed by atoms with Crippen molar-refractivity contribution in [1.82, 2.24) is 5.43 Å². The van der Waals surface area contributed by atoms with E-state index < -0.39 is 0 Å². The number of hydrogen-bond donors (Lipinski definition) is 1. The number of hydrogen-bond acceptors (Lipinski definition) is 4. The fourth-order valence-corrected chi connectivity index (χ4v) is 2.96. The Balaban J connectivity index is 1.50. The van der Waals surface area contributed by atoms with Gasteiger partial charge >= 0.3 is 0 Å². The Morgan fingerprint density at radius 1 is 0.964 bits per heavy atom. The second-order valence-corrected chi connectivity index (χ2v) is 6.17. The number of benzene rings is 3. The first kappa shape index (κ1) is 17.5. The summed E-state index contributed by atoms with van der Waals surface area (Å²) in [6.07, 6.45) is 1.47. The average molecular weight is 370 g/mol. The molecule has 3 aromatic carbocycles. The summed E-state index contributed by atoms with van der Waals surface area (Å²) in [5, 5.41) is 5.96. The van der Waals surface area contributed by atoms with E-state index in [1.165, 1.54) is 13.3 Å². The van der Waals surface area contributed by atoms with E-state index in [1.54, 1.807) is 12.1 Å². The topological polar surface area (TPSA) is 63.8 Å². The molecule has 5 nitrogen and oxygen atoms in total. The van der Waals surface area contributed by atoms with Gasteiger partial charge in [-0.1, -0.05) is 54.6 Å². The number of amides is 1. The first-order valence-electron chi connectivity index (χ1n) is 8.80. The minimum absolute atomic E-state index is 0.353. The Labute approximate surface area is 162 Å². The largest absolute Gasteiger partial charge is 0.496 e. The van der Waals surface area contributed by atoms with Crippen molar-refractivity contribution in [2.45, 2.75) is 0 Å². The van der Waals surface area contributed by atoms with Gasteiger partial charge in [-0.2, -0.15) is 5.10 Å². The highest BCUT2D eigenvalue weighted by molar-refractivity contribution is 6.01. The van der Waals surface area contributed by atoms with Gasteiger partial charge in [0.1, 0.15) is 17.3 Å². The second-order valence-electron chi connectivity index (χ2n) is 6.17. The molecular weight excluding hydrogens is 352 g/mol. The molecule has 0 bridgehead atoms. The summed E-state index contributed by atoms with van der Waals surface area (Å²) in [4.78, 5) is 12.5. The normalized spacial score (nSPS) is 11.0. The van der Waals surface area contributed by atoms with Crippen LogP contribution in [0.25, 0.3) is 22.1 Å². The Hall–Kier alpha value is -3.86. The van der Waals surface area contributed by atoms with Crippen LogP contribution in [0.2, 0.25) is 0 Å². The Morgan fingerprint density at radius 3 is 2.43 bits per heavy atom. The monoisotopic (exact) mass is 370 g/mol. The van der Waals surface area contributed by atoms with Gasteiger partial charge in [0, 0.05) is 5.56 Å². The summed E-state index contributed by atoms with van der Waals surface area (Å²) < 4.78 is 11.1. The first-order chi connectivity index (χ1) is 13.7. The van der Waals surface area contributed by atoms with Crippen LogP contribution in [-0.2, 0) is 0 Å². The fourth-order valence-electron chi connectivity index (χ4n) is 2.96. The number of methoxy groups -OCH3 is 1. The molecular formula is C23H18N2O3. The lowest BCUT2D eigenvalue weighted by Gasteiger charge is -2.09. The lowest BCUT2D eigenvalue weighted by atomic mass is 10.1. The third kappa shape index (κ3) is 3.64. The Kier molecular flexibility index (Phi) is 4.89. The molecule has 0 radical (unpaired) electrons. The highest BCUT2D eigenvalue weighted by atomic mass is 16.5. The van der Waals surface area contributed by atoms with Crippen LogP contribution in [0.4, 0.5) is 0 Å². The third-order valence-corrected chi connectivity index (χ3v) is 4.36. The van der Waals surface area contributed by atoms with Gasteiger partial charge in [0.15, 0.2) is 0 Å². The molecule has 1 amide bonds. The molecule has 0 aliphatic rings. The molecule has 0 fully saturated rings. The van der Waals surface area contributed by atoms with Gasteiger partial charge in [0.05, 0.1) is 18.9 Å². The molecule has 138 valence electrons. The summed E-state index contributed by atoms with van der Waals surface area (Å²) in [6.45, 7) is 0. The molecule has 0 saturated carbocycles. The Morgan fingerprint density at radius 2 is 1.68 bits per heavy atom. The number of ether oxygens (including phenoxy) is 1. The smallest absolute Gasteiger partial charge is 0.275 e. The lowest BCUT2D eigenvalue weighted by Crippen LogP contribution is -2.18. The summed E-state index contributed by atoms with van der Waals surface area (Å²) in [7, 11) is 1.54. The minimum Gasteiger partial charge on any atom is -0.496 e. The fraction of sp³-hybridized carbons (Fsp3) is 0.0435. The van der Waals surface area contributed by atoms with Crippen molar-refractivity contribution >= 4 is 22.9 Å². The Bertz CT molecular complexity index is 1150. The summed E-state index contributed by atoms with van der Waals surface area (Å²) in [5.41, 5.74) is 3.92.